The Balaban J connectivity index is 2.00. The molecule has 2 heterocycles. The smallest absolute Gasteiger partial charge is 0.115 e. The number of aromatic nitrogens is 2. The van der Waals surface area contributed by atoms with Crippen LogP contribution in [0.25, 0.3) is 0 Å². The average molecular weight is 263 g/mol. The predicted molar refractivity (Wildman–Crippen MR) is 76.7 cm³/mol. The first-order chi connectivity index (χ1) is 9.02. The van der Waals surface area contributed by atoms with Gasteiger partial charge in [-0.15, -0.1) is 0 Å². The Labute approximate surface area is 115 Å². The Hall–Kier alpha value is -1.04. The predicted octanol–water partition coefficient (Wildman–Crippen LogP) is 0.892. The van der Waals surface area contributed by atoms with Crippen LogP contribution in [0.15, 0.2) is 18.6 Å². The molecule has 1 atom stereocenters. The molecular formula is C14H25N5. The maximum atomic E-state index is 5.94. The average Bonchev–Trinajstić information content (AvgIpc) is 2.40. The molecule has 0 radical (unpaired) electrons. The molecular weight excluding hydrogens is 238 g/mol. The molecule has 0 aromatic carbocycles. The summed E-state index contributed by atoms with van der Waals surface area (Å²) in [6, 6.07) is 2.18. The van der Waals surface area contributed by atoms with Crippen LogP contribution in [0.3, 0.4) is 0 Å². The Bertz CT molecular complexity index is 379. The molecule has 2 rings (SSSR count). The van der Waals surface area contributed by atoms with Crippen LogP contribution in [0.2, 0.25) is 0 Å². The minimum Gasteiger partial charge on any atom is -0.329 e. The Kier molecular flexibility index (Phi) is 4.50. The maximum Gasteiger partial charge on any atom is 0.115 e. The Morgan fingerprint density at radius 3 is 2.42 bits per heavy atom. The summed E-state index contributed by atoms with van der Waals surface area (Å²) in [5, 5.41) is 0. The fraction of sp³-hybridized carbons (Fsp3) is 0.714. The largest absolute Gasteiger partial charge is 0.329 e. The van der Waals surface area contributed by atoms with E-state index in [4.69, 9.17) is 5.73 Å². The van der Waals surface area contributed by atoms with Crippen molar-refractivity contribution in [2.24, 2.45) is 5.73 Å². The van der Waals surface area contributed by atoms with Gasteiger partial charge in [0.2, 0.25) is 0 Å². The SMILES string of the molecule is CC(C)(C)N1CCN(C(CN)c2ccncn2)CC1. The second-order valence-electron chi connectivity index (χ2n) is 6.08. The molecule has 1 saturated heterocycles. The first-order valence-electron chi connectivity index (χ1n) is 6.97. The van der Waals surface area contributed by atoms with E-state index in [0.717, 1.165) is 31.9 Å². The highest BCUT2D eigenvalue weighted by Gasteiger charge is 2.29. The highest BCUT2D eigenvalue weighted by molar-refractivity contribution is 5.06. The fourth-order valence-electron chi connectivity index (χ4n) is 2.66. The molecule has 0 bridgehead atoms. The van der Waals surface area contributed by atoms with Crippen molar-refractivity contribution in [1.82, 2.24) is 19.8 Å². The molecule has 1 aromatic heterocycles. The molecule has 5 nitrogen and oxygen atoms in total. The maximum absolute atomic E-state index is 5.94. The first-order valence-corrected chi connectivity index (χ1v) is 6.97. The Morgan fingerprint density at radius 2 is 1.95 bits per heavy atom. The van der Waals surface area contributed by atoms with Gasteiger partial charge in [-0.1, -0.05) is 0 Å². The highest BCUT2D eigenvalue weighted by atomic mass is 15.3. The van der Waals surface area contributed by atoms with E-state index in [1.165, 1.54) is 0 Å². The third kappa shape index (κ3) is 3.49. The summed E-state index contributed by atoms with van der Waals surface area (Å²) in [5.41, 5.74) is 7.22. The highest BCUT2D eigenvalue weighted by Crippen LogP contribution is 2.22. The summed E-state index contributed by atoms with van der Waals surface area (Å²) in [4.78, 5) is 13.3. The van der Waals surface area contributed by atoms with E-state index in [1.54, 1.807) is 12.5 Å². The van der Waals surface area contributed by atoms with Crippen molar-refractivity contribution >= 4 is 0 Å². The Morgan fingerprint density at radius 1 is 1.26 bits per heavy atom. The van der Waals surface area contributed by atoms with Crippen molar-refractivity contribution in [3.8, 4) is 0 Å². The molecule has 1 fully saturated rings. The van der Waals surface area contributed by atoms with E-state index in [0.29, 0.717) is 6.54 Å². The zero-order chi connectivity index (χ0) is 13.9. The zero-order valence-electron chi connectivity index (χ0n) is 12.2. The molecule has 2 N–H and O–H groups in total. The summed E-state index contributed by atoms with van der Waals surface area (Å²) in [7, 11) is 0. The monoisotopic (exact) mass is 263 g/mol. The lowest BCUT2D eigenvalue weighted by molar-refractivity contribution is 0.0425. The van der Waals surface area contributed by atoms with Gasteiger partial charge in [0.15, 0.2) is 0 Å². The van der Waals surface area contributed by atoms with Gasteiger partial charge in [0.25, 0.3) is 0 Å². The van der Waals surface area contributed by atoms with E-state index < -0.39 is 0 Å². The summed E-state index contributed by atoms with van der Waals surface area (Å²) >= 11 is 0. The number of hydrogen-bond donors (Lipinski definition) is 1. The van der Waals surface area contributed by atoms with Crippen LogP contribution in [0.4, 0.5) is 0 Å². The van der Waals surface area contributed by atoms with Gasteiger partial charge in [-0.2, -0.15) is 0 Å². The second-order valence-corrected chi connectivity index (χ2v) is 6.08. The van der Waals surface area contributed by atoms with E-state index in [1.807, 2.05) is 6.07 Å². The second kappa shape index (κ2) is 5.94. The quantitative estimate of drug-likeness (QED) is 0.878. The summed E-state index contributed by atoms with van der Waals surface area (Å²) < 4.78 is 0. The van der Waals surface area contributed by atoms with Crippen LogP contribution in [-0.4, -0.2) is 58.0 Å². The summed E-state index contributed by atoms with van der Waals surface area (Å²) in [6.45, 7) is 11.7. The van der Waals surface area contributed by atoms with Gasteiger partial charge in [-0.05, 0) is 26.8 Å². The van der Waals surface area contributed by atoms with Crippen molar-refractivity contribution in [2.45, 2.75) is 32.4 Å². The molecule has 1 unspecified atom stereocenters. The van der Waals surface area contributed by atoms with Crippen LogP contribution in [0, 0.1) is 0 Å². The lowest BCUT2D eigenvalue weighted by Crippen LogP contribution is -2.54. The number of nitrogens with zero attached hydrogens (tertiary/aromatic N) is 4. The molecule has 1 aliphatic rings. The third-order valence-electron chi connectivity index (χ3n) is 3.87. The molecule has 0 amide bonds. The van der Waals surface area contributed by atoms with Crippen molar-refractivity contribution in [3.63, 3.8) is 0 Å². The van der Waals surface area contributed by atoms with Gasteiger partial charge in [0.05, 0.1) is 11.7 Å². The van der Waals surface area contributed by atoms with Crippen LogP contribution in [0.1, 0.15) is 32.5 Å². The topological polar surface area (TPSA) is 58.3 Å². The summed E-state index contributed by atoms with van der Waals surface area (Å²) in [5.74, 6) is 0. The summed E-state index contributed by atoms with van der Waals surface area (Å²) in [6.07, 6.45) is 3.39. The number of rotatable bonds is 3. The lowest BCUT2D eigenvalue weighted by atomic mass is 10.0. The van der Waals surface area contributed by atoms with E-state index in [9.17, 15) is 0 Å². The van der Waals surface area contributed by atoms with Gasteiger partial charge in [0.1, 0.15) is 6.33 Å². The standard InChI is InChI=1S/C14H25N5/c1-14(2,3)19-8-6-18(7-9-19)13(10-15)12-4-5-16-11-17-12/h4-5,11,13H,6-10,15H2,1-3H3. The molecule has 0 saturated carbocycles. The van der Waals surface area contributed by atoms with Crippen LogP contribution < -0.4 is 5.73 Å². The van der Waals surface area contributed by atoms with Gasteiger partial charge >= 0.3 is 0 Å². The van der Waals surface area contributed by atoms with Gasteiger partial charge < -0.3 is 5.73 Å². The van der Waals surface area contributed by atoms with Gasteiger partial charge in [0, 0.05) is 44.5 Å². The van der Waals surface area contributed by atoms with E-state index >= 15 is 0 Å². The molecule has 1 aliphatic heterocycles. The van der Waals surface area contributed by atoms with E-state index in [-0.39, 0.29) is 11.6 Å². The van der Waals surface area contributed by atoms with Gasteiger partial charge in [-0.25, -0.2) is 9.97 Å². The van der Waals surface area contributed by atoms with Crippen molar-refractivity contribution in [1.29, 1.82) is 0 Å². The fourth-order valence-corrected chi connectivity index (χ4v) is 2.66. The molecule has 1 aromatic rings. The van der Waals surface area contributed by atoms with Crippen molar-refractivity contribution < 1.29 is 0 Å². The first kappa shape index (κ1) is 14.4. The molecule has 5 heteroatoms. The third-order valence-corrected chi connectivity index (χ3v) is 3.87. The normalized spacial score (nSPS) is 20.4. The number of hydrogen-bond acceptors (Lipinski definition) is 5. The van der Waals surface area contributed by atoms with Crippen LogP contribution >= 0.6 is 0 Å². The minimum atomic E-state index is 0.213. The molecule has 0 spiro atoms. The number of piperazine rings is 1. The van der Waals surface area contributed by atoms with Crippen molar-refractivity contribution in [3.05, 3.63) is 24.3 Å². The molecule has 19 heavy (non-hydrogen) atoms. The van der Waals surface area contributed by atoms with Crippen LogP contribution in [0.5, 0.6) is 0 Å². The van der Waals surface area contributed by atoms with Crippen LogP contribution in [-0.2, 0) is 0 Å². The van der Waals surface area contributed by atoms with Gasteiger partial charge in [-0.3, -0.25) is 9.80 Å². The molecule has 0 aliphatic carbocycles. The zero-order valence-corrected chi connectivity index (χ0v) is 12.2. The van der Waals surface area contributed by atoms with E-state index in [2.05, 4.69) is 40.5 Å². The number of nitrogens with two attached hydrogens (primary N) is 1. The lowest BCUT2D eigenvalue weighted by Gasteiger charge is -2.44. The minimum absolute atomic E-state index is 0.213. The molecule has 106 valence electrons. The van der Waals surface area contributed by atoms with Crippen molar-refractivity contribution in [2.75, 3.05) is 32.7 Å².